The molecule has 0 fully saturated rings. The van der Waals surface area contributed by atoms with Crippen molar-refractivity contribution in [1.29, 1.82) is 0 Å². The molecule has 0 N–H and O–H groups in total. The molecular formula is C42H31N3. The van der Waals surface area contributed by atoms with Crippen LogP contribution in [0.5, 0.6) is 0 Å². The van der Waals surface area contributed by atoms with Crippen LogP contribution in [0.3, 0.4) is 0 Å². The lowest BCUT2D eigenvalue weighted by atomic mass is 10.1. The number of fused-ring (bicyclic) bond motifs is 3. The minimum Gasteiger partial charge on any atom is -0.310 e. The Labute approximate surface area is 263 Å². The van der Waals surface area contributed by atoms with E-state index in [1.807, 2.05) is 0 Å². The second kappa shape index (κ2) is 11.6. The molecule has 8 rings (SSSR count). The fraction of sp³-hybridized carbons (Fsp3) is 0. The van der Waals surface area contributed by atoms with Gasteiger partial charge in [-0.05, 0) is 78.9 Å². The SMILES string of the molecule is c1ccc(N(c2ccccc2)c2cc(N(c3ccccc3)c3ccccc3)cc(-n3c4ccccc4c4ccccc43)c2)cc1. The van der Waals surface area contributed by atoms with E-state index < -0.39 is 0 Å². The van der Waals surface area contributed by atoms with Gasteiger partial charge in [0, 0.05) is 33.5 Å². The first-order valence-electron chi connectivity index (χ1n) is 15.3. The predicted molar refractivity (Wildman–Crippen MR) is 190 cm³/mol. The van der Waals surface area contributed by atoms with Crippen LogP contribution in [0.4, 0.5) is 34.1 Å². The largest absolute Gasteiger partial charge is 0.310 e. The lowest BCUT2D eigenvalue weighted by Gasteiger charge is -2.30. The molecular weight excluding hydrogens is 546 g/mol. The molecule has 0 radical (unpaired) electrons. The first-order valence-corrected chi connectivity index (χ1v) is 15.3. The maximum Gasteiger partial charge on any atom is 0.0541 e. The molecule has 0 saturated carbocycles. The molecule has 3 heteroatoms. The Morgan fingerprint density at radius 1 is 0.289 bits per heavy atom. The lowest BCUT2D eigenvalue weighted by molar-refractivity contribution is 1.16. The summed E-state index contributed by atoms with van der Waals surface area (Å²) in [7, 11) is 0. The molecule has 0 atom stereocenters. The average molecular weight is 578 g/mol. The van der Waals surface area contributed by atoms with Crippen molar-refractivity contribution in [2.45, 2.75) is 0 Å². The summed E-state index contributed by atoms with van der Waals surface area (Å²) in [6.07, 6.45) is 0. The molecule has 1 heterocycles. The zero-order valence-electron chi connectivity index (χ0n) is 24.7. The van der Waals surface area contributed by atoms with Crippen molar-refractivity contribution in [3.63, 3.8) is 0 Å². The number of para-hydroxylation sites is 6. The second-order valence-electron chi connectivity index (χ2n) is 11.1. The molecule has 214 valence electrons. The smallest absolute Gasteiger partial charge is 0.0541 e. The Balaban J connectivity index is 1.46. The van der Waals surface area contributed by atoms with Gasteiger partial charge in [0.15, 0.2) is 0 Å². The molecule has 0 aliphatic rings. The van der Waals surface area contributed by atoms with Gasteiger partial charge in [0.2, 0.25) is 0 Å². The Morgan fingerprint density at radius 2 is 0.600 bits per heavy atom. The minimum atomic E-state index is 1.07. The van der Waals surface area contributed by atoms with Crippen LogP contribution >= 0.6 is 0 Å². The Morgan fingerprint density at radius 3 is 0.956 bits per heavy atom. The molecule has 3 nitrogen and oxygen atoms in total. The fourth-order valence-electron chi connectivity index (χ4n) is 6.37. The molecule has 0 saturated heterocycles. The Kier molecular flexibility index (Phi) is 6.82. The van der Waals surface area contributed by atoms with Crippen LogP contribution in [0.1, 0.15) is 0 Å². The highest BCUT2D eigenvalue weighted by Crippen LogP contribution is 2.43. The van der Waals surface area contributed by atoms with Gasteiger partial charge in [0.1, 0.15) is 0 Å². The van der Waals surface area contributed by atoms with Crippen molar-refractivity contribution in [2.24, 2.45) is 0 Å². The molecule has 0 unspecified atom stereocenters. The van der Waals surface area contributed by atoms with E-state index in [2.05, 4.69) is 202 Å². The maximum atomic E-state index is 2.40. The van der Waals surface area contributed by atoms with Crippen LogP contribution < -0.4 is 9.80 Å². The molecule has 0 aliphatic carbocycles. The molecule has 45 heavy (non-hydrogen) atoms. The van der Waals surface area contributed by atoms with Crippen LogP contribution in [0.15, 0.2) is 188 Å². The lowest BCUT2D eigenvalue weighted by Crippen LogP contribution is -2.14. The number of aromatic nitrogens is 1. The second-order valence-corrected chi connectivity index (χ2v) is 11.1. The minimum absolute atomic E-state index is 1.07. The third-order valence-electron chi connectivity index (χ3n) is 8.30. The van der Waals surface area contributed by atoms with E-state index in [1.165, 1.54) is 21.8 Å². The summed E-state index contributed by atoms with van der Waals surface area (Å²) in [6, 6.07) is 66.8. The van der Waals surface area contributed by atoms with E-state index in [4.69, 9.17) is 0 Å². The van der Waals surface area contributed by atoms with Crippen LogP contribution in [0.25, 0.3) is 27.5 Å². The monoisotopic (exact) mass is 577 g/mol. The molecule has 1 aromatic heterocycles. The van der Waals surface area contributed by atoms with E-state index in [1.54, 1.807) is 0 Å². The fourth-order valence-corrected chi connectivity index (χ4v) is 6.37. The Bertz CT molecular complexity index is 1970. The van der Waals surface area contributed by atoms with Crippen LogP contribution in [-0.4, -0.2) is 4.57 Å². The van der Waals surface area contributed by atoms with Gasteiger partial charge in [0.25, 0.3) is 0 Å². The highest BCUT2D eigenvalue weighted by atomic mass is 15.2. The zero-order valence-corrected chi connectivity index (χ0v) is 24.7. The molecule has 0 bridgehead atoms. The normalized spacial score (nSPS) is 11.1. The zero-order chi connectivity index (χ0) is 30.0. The van der Waals surface area contributed by atoms with Crippen molar-refractivity contribution in [1.82, 2.24) is 4.57 Å². The number of hydrogen-bond donors (Lipinski definition) is 0. The third kappa shape index (κ3) is 4.91. The summed E-state index contributed by atoms with van der Waals surface area (Å²) in [4.78, 5) is 4.68. The van der Waals surface area contributed by atoms with E-state index in [0.717, 1.165) is 39.8 Å². The number of rotatable bonds is 7. The molecule has 0 amide bonds. The number of benzene rings is 7. The summed E-state index contributed by atoms with van der Waals surface area (Å²) < 4.78 is 2.40. The quantitative estimate of drug-likeness (QED) is 0.187. The third-order valence-corrected chi connectivity index (χ3v) is 8.30. The number of nitrogens with zero attached hydrogens (tertiary/aromatic N) is 3. The van der Waals surface area contributed by atoms with Gasteiger partial charge in [-0.25, -0.2) is 0 Å². The van der Waals surface area contributed by atoms with E-state index >= 15 is 0 Å². The molecule has 7 aromatic carbocycles. The Hall–Kier alpha value is -6.06. The summed E-state index contributed by atoms with van der Waals surface area (Å²) in [5, 5.41) is 2.48. The van der Waals surface area contributed by atoms with E-state index in [9.17, 15) is 0 Å². The molecule has 0 aliphatic heterocycles. The van der Waals surface area contributed by atoms with Gasteiger partial charge >= 0.3 is 0 Å². The first-order chi connectivity index (χ1) is 22.3. The van der Waals surface area contributed by atoms with Gasteiger partial charge in [-0.15, -0.1) is 0 Å². The van der Waals surface area contributed by atoms with Crippen molar-refractivity contribution in [2.75, 3.05) is 9.80 Å². The highest BCUT2D eigenvalue weighted by Gasteiger charge is 2.20. The highest BCUT2D eigenvalue weighted by molar-refractivity contribution is 6.09. The maximum absolute atomic E-state index is 2.40. The van der Waals surface area contributed by atoms with Gasteiger partial charge in [-0.3, -0.25) is 0 Å². The standard InChI is InChI=1S/C42H31N3/c1-5-17-32(18-6-1)43(33-19-7-2-8-20-33)36-29-37(44(34-21-9-3-10-22-34)35-23-11-4-12-24-35)31-38(30-36)45-41-27-15-13-25-39(41)40-26-14-16-28-42(40)45/h1-31H. The predicted octanol–water partition coefficient (Wildman–Crippen LogP) is 11.7. The van der Waals surface area contributed by atoms with E-state index in [-0.39, 0.29) is 0 Å². The van der Waals surface area contributed by atoms with Crippen molar-refractivity contribution >= 4 is 55.9 Å². The summed E-state index contributed by atoms with van der Waals surface area (Å²) >= 11 is 0. The topological polar surface area (TPSA) is 11.4 Å². The summed E-state index contributed by atoms with van der Waals surface area (Å²) in [6.45, 7) is 0. The summed E-state index contributed by atoms with van der Waals surface area (Å²) in [5.74, 6) is 0. The van der Waals surface area contributed by atoms with Crippen LogP contribution in [-0.2, 0) is 0 Å². The number of hydrogen-bond acceptors (Lipinski definition) is 2. The number of anilines is 6. The summed E-state index contributed by atoms with van der Waals surface area (Å²) in [5.41, 5.74) is 9.98. The van der Waals surface area contributed by atoms with Gasteiger partial charge in [0.05, 0.1) is 28.1 Å². The van der Waals surface area contributed by atoms with E-state index in [0.29, 0.717) is 0 Å². The van der Waals surface area contributed by atoms with Gasteiger partial charge < -0.3 is 14.4 Å². The molecule has 0 spiro atoms. The van der Waals surface area contributed by atoms with Crippen molar-refractivity contribution in [3.8, 4) is 5.69 Å². The van der Waals surface area contributed by atoms with Gasteiger partial charge in [-0.1, -0.05) is 109 Å². The van der Waals surface area contributed by atoms with Crippen molar-refractivity contribution < 1.29 is 0 Å². The van der Waals surface area contributed by atoms with Crippen LogP contribution in [0, 0.1) is 0 Å². The van der Waals surface area contributed by atoms with Crippen LogP contribution in [0.2, 0.25) is 0 Å². The van der Waals surface area contributed by atoms with Gasteiger partial charge in [-0.2, -0.15) is 0 Å². The first kappa shape index (κ1) is 26.6. The van der Waals surface area contributed by atoms with Crippen molar-refractivity contribution in [3.05, 3.63) is 188 Å². The molecule has 8 aromatic rings. The average Bonchev–Trinajstić information content (AvgIpc) is 3.45.